The van der Waals surface area contributed by atoms with Crippen molar-refractivity contribution in [3.63, 3.8) is 0 Å². The minimum atomic E-state index is -1.05. The van der Waals surface area contributed by atoms with Crippen molar-refractivity contribution >= 4 is 28.8 Å². The molecule has 0 aliphatic rings. The average molecular weight is 449 g/mol. The van der Waals surface area contributed by atoms with Gasteiger partial charge in [-0.15, -0.1) is 11.3 Å². The second kappa shape index (κ2) is 8.84. The van der Waals surface area contributed by atoms with Gasteiger partial charge in [0.15, 0.2) is 0 Å². The van der Waals surface area contributed by atoms with E-state index in [1.54, 1.807) is 23.5 Å². The van der Waals surface area contributed by atoms with Gasteiger partial charge in [0.2, 0.25) is 0 Å². The number of nitrogens with one attached hydrogen (secondary N) is 1. The first-order valence-electron chi connectivity index (χ1n) is 10.2. The Balaban J connectivity index is 1.93. The molecule has 164 valence electrons. The molecule has 0 saturated carbocycles. The molecule has 4 aromatic rings. The number of aromatic carboxylic acids is 1. The summed E-state index contributed by atoms with van der Waals surface area (Å²) in [6.45, 7) is 6.02. The number of methoxy groups -OCH3 is 1. The second-order valence-electron chi connectivity index (χ2n) is 7.35. The van der Waals surface area contributed by atoms with E-state index >= 15 is 0 Å². The average Bonchev–Trinajstić information content (AvgIpc) is 3.38. The van der Waals surface area contributed by atoms with E-state index < -0.39 is 5.97 Å². The first-order chi connectivity index (χ1) is 15.4. The van der Waals surface area contributed by atoms with Gasteiger partial charge in [-0.1, -0.05) is 25.1 Å². The lowest BCUT2D eigenvalue weighted by atomic mass is 10.1. The number of nitrogens with zero attached hydrogens (tertiary/aromatic N) is 3. The summed E-state index contributed by atoms with van der Waals surface area (Å²) in [6.07, 6.45) is 0.839. The van der Waals surface area contributed by atoms with Crippen LogP contribution in [0.5, 0.6) is 5.75 Å². The van der Waals surface area contributed by atoms with Crippen molar-refractivity contribution in [3.8, 4) is 22.0 Å². The number of thiazole rings is 1. The quantitative estimate of drug-likeness (QED) is 0.381. The Morgan fingerprint density at radius 1 is 1.22 bits per heavy atom. The summed E-state index contributed by atoms with van der Waals surface area (Å²) in [7, 11) is 1.51. The Morgan fingerprint density at radius 2 is 2.00 bits per heavy atom. The van der Waals surface area contributed by atoms with Gasteiger partial charge in [-0.25, -0.2) is 14.5 Å². The number of hydrogen-bond acceptors (Lipinski definition) is 6. The van der Waals surface area contributed by atoms with E-state index in [0.29, 0.717) is 17.3 Å². The molecule has 4 rings (SSSR count). The normalized spacial score (nSPS) is 10.9. The molecule has 32 heavy (non-hydrogen) atoms. The van der Waals surface area contributed by atoms with Crippen LogP contribution in [-0.2, 0) is 6.42 Å². The number of hydrogen-bond donors (Lipinski definition) is 2. The Hall–Kier alpha value is -3.65. The summed E-state index contributed by atoms with van der Waals surface area (Å²) in [5.41, 5.74) is 5.17. The van der Waals surface area contributed by atoms with Crippen molar-refractivity contribution in [2.75, 3.05) is 12.4 Å². The lowest BCUT2D eigenvalue weighted by Crippen LogP contribution is -2.08. The van der Waals surface area contributed by atoms with Crippen LogP contribution in [0, 0.1) is 13.8 Å². The maximum atomic E-state index is 12.0. The monoisotopic (exact) mass is 448 g/mol. The molecule has 0 amide bonds. The highest BCUT2D eigenvalue weighted by atomic mass is 32.1. The number of carboxylic acid groups (broad SMARTS) is 1. The van der Waals surface area contributed by atoms with Crippen LogP contribution in [0.3, 0.4) is 0 Å². The third kappa shape index (κ3) is 3.97. The Kier molecular flexibility index (Phi) is 5.96. The molecule has 2 aromatic carbocycles. The number of aromatic nitrogens is 3. The van der Waals surface area contributed by atoms with Gasteiger partial charge in [-0.05, 0) is 50.1 Å². The minimum absolute atomic E-state index is 0.110. The first-order valence-corrected chi connectivity index (χ1v) is 11.1. The van der Waals surface area contributed by atoms with Crippen LogP contribution in [0.4, 0.5) is 11.5 Å². The second-order valence-corrected chi connectivity index (χ2v) is 8.20. The number of aryl methyl sites for hydroxylation is 3. The fraction of sp³-hybridized carbons (Fsp3) is 0.208. The molecule has 0 fully saturated rings. The van der Waals surface area contributed by atoms with E-state index in [4.69, 9.17) is 14.8 Å². The van der Waals surface area contributed by atoms with E-state index in [-0.39, 0.29) is 5.56 Å². The summed E-state index contributed by atoms with van der Waals surface area (Å²) < 4.78 is 7.04. The van der Waals surface area contributed by atoms with Crippen LogP contribution in [-0.4, -0.2) is 33.0 Å². The van der Waals surface area contributed by atoms with E-state index in [0.717, 1.165) is 39.6 Å². The van der Waals surface area contributed by atoms with Crippen molar-refractivity contribution in [1.82, 2.24) is 14.8 Å². The summed E-state index contributed by atoms with van der Waals surface area (Å²) in [6, 6.07) is 12.9. The van der Waals surface area contributed by atoms with E-state index in [1.807, 2.05) is 48.2 Å². The van der Waals surface area contributed by atoms with Crippen molar-refractivity contribution in [1.29, 1.82) is 0 Å². The number of para-hydroxylation sites is 1. The highest BCUT2D eigenvalue weighted by Crippen LogP contribution is 2.38. The predicted octanol–water partition coefficient (Wildman–Crippen LogP) is 5.63. The molecule has 0 unspecified atom stereocenters. The number of anilines is 2. The molecule has 2 N–H and O–H groups in total. The molecule has 0 saturated heterocycles. The third-order valence-electron chi connectivity index (χ3n) is 5.24. The summed E-state index contributed by atoms with van der Waals surface area (Å²) in [4.78, 5) is 16.7. The van der Waals surface area contributed by atoms with Crippen LogP contribution in [0.1, 0.15) is 34.2 Å². The molecule has 2 heterocycles. The molecular formula is C24H24N4O3S. The van der Waals surface area contributed by atoms with Crippen molar-refractivity contribution in [2.45, 2.75) is 27.2 Å². The molecule has 7 nitrogen and oxygen atoms in total. The van der Waals surface area contributed by atoms with Crippen LogP contribution in [0.15, 0.2) is 47.8 Å². The molecular weight excluding hydrogens is 424 g/mol. The number of ether oxygens (including phenoxy) is 1. The standard InChI is InChI=1S/C24H24N4O3S/c1-5-16-13-32-23(25-16)21-15(3)27-28(20-9-7-6-8-14(20)2)22(21)26-19-11-10-17(31-4)12-18(19)24(29)30/h6-13,26H,5H2,1-4H3,(H,29,30). The maximum Gasteiger partial charge on any atom is 0.337 e. The third-order valence-corrected chi connectivity index (χ3v) is 6.15. The lowest BCUT2D eigenvalue weighted by molar-refractivity contribution is 0.0697. The lowest BCUT2D eigenvalue weighted by Gasteiger charge is -2.15. The molecule has 0 spiro atoms. The fourth-order valence-corrected chi connectivity index (χ4v) is 4.52. The molecule has 2 aromatic heterocycles. The van der Waals surface area contributed by atoms with E-state index in [9.17, 15) is 9.90 Å². The van der Waals surface area contributed by atoms with Crippen molar-refractivity contribution < 1.29 is 14.6 Å². The largest absolute Gasteiger partial charge is 0.497 e. The Morgan fingerprint density at radius 3 is 2.66 bits per heavy atom. The highest BCUT2D eigenvalue weighted by molar-refractivity contribution is 7.13. The van der Waals surface area contributed by atoms with Gasteiger partial charge in [-0.2, -0.15) is 5.10 Å². The molecule has 0 bridgehead atoms. The van der Waals surface area contributed by atoms with Crippen LogP contribution < -0.4 is 10.1 Å². The smallest absolute Gasteiger partial charge is 0.337 e. The van der Waals surface area contributed by atoms with Gasteiger partial charge in [-0.3, -0.25) is 0 Å². The topological polar surface area (TPSA) is 89.3 Å². The first kappa shape index (κ1) is 21.6. The minimum Gasteiger partial charge on any atom is -0.497 e. The van der Waals surface area contributed by atoms with Crippen LogP contribution in [0.25, 0.3) is 16.3 Å². The molecule has 0 radical (unpaired) electrons. The summed E-state index contributed by atoms with van der Waals surface area (Å²) in [5, 5.41) is 20.8. The number of benzene rings is 2. The summed E-state index contributed by atoms with van der Waals surface area (Å²) in [5.74, 6) is 0.0971. The van der Waals surface area contributed by atoms with Gasteiger partial charge in [0.1, 0.15) is 16.6 Å². The molecule has 0 aliphatic carbocycles. The zero-order valence-corrected chi connectivity index (χ0v) is 19.2. The van der Waals surface area contributed by atoms with Gasteiger partial charge in [0, 0.05) is 5.38 Å². The van der Waals surface area contributed by atoms with Crippen LogP contribution in [0.2, 0.25) is 0 Å². The van der Waals surface area contributed by atoms with Crippen LogP contribution >= 0.6 is 11.3 Å². The zero-order chi connectivity index (χ0) is 22.8. The molecule has 0 atom stereocenters. The van der Waals surface area contributed by atoms with E-state index in [2.05, 4.69) is 12.2 Å². The van der Waals surface area contributed by atoms with Gasteiger partial charge >= 0.3 is 5.97 Å². The van der Waals surface area contributed by atoms with Crippen molar-refractivity contribution in [2.24, 2.45) is 0 Å². The SMILES string of the molecule is CCc1csc(-c2c(C)nn(-c3ccccc3C)c2Nc2ccc(OC)cc2C(=O)O)n1. The zero-order valence-electron chi connectivity index (χ0n) is 18.3. The predicted molar refractivity (Wildman–Crippen MR) is 127 cm³/mol. The fourth-order valence-electron chi connectivity index (χ4n) is 3.52. The van der Waals surface area contributed by atoms with Gasteiger partial charge < -0.3 is 15.2 Å². The molecule has 0 aliphatic heterocycles. The Bertz CT molecular complexity index is 1290. The van der Waals surface area contributed by atoms with Gasteiger partial charge in [0.25, 0.3) is 0 Å². The molecule has 8 heteroatoms. The number of rotatable bonds is 7. The number of carboxylic acids is 1. The Labute approximate surface area is 190 Å². The summed E-state index contributed by atoms with van der Waals surface area (Å²) >= 11 is 1.55. The maximum absolute atomic E-state index is 12.0. The van der Waals surface area contributed by atoms with Crippen molar-refractivity contribution in [3.05, 3.63) is 70.4 Å². The van der Waals surface area contributed by atoms with E-state index in [1.165, 1.54) is 13.2 Å². The number of carbonyl (C=O) groups is 1. The van der Waals surface area contributed by atoms with Gasteiger partial charge in [0.05, 0.1) is 41.0 Å². The highest BCUT2D eigenvalue weighted by Gasteiger charge is 2.23.